The smallest absolute Gasteiger partial charge is 0.163 e. The van der Waals surface area contributed by atoms with Crippen molar-refractivity contribution < 1.29 is 4.74 Å². The third-order valence-corrected chi connectivity index (χ3v) is 4.29. The van der Waals surface area contributed by atoms with Gasteiger partial charge >= 0.3 is 0 Å². The van der Waals surface area contributed by atoms with Crippen molar-refractivity contribution in [2.75, 3.05) is 19.7 Å². The van der Waals surface area contributed by atoms with Gasteiger partial charge in [0.25, 0.3) is 0 Å². The minimum atomic E-state index is -0.0174. The average molecular weight is 318 g/mol. The fraction of sp³-hybridized carbons (Fsp3) is 0.688. The second-order valence-electron chi connectivity index (χ2n) is 7.09. The summed E-state index contributed by atoms with van der Waals surface area (Å²) >= 11 is 0. The van der Waals surface area contributed by atoms with E-state index in [1.54, 1.807) is 6.33 Å². The van der Waals surface area contributed by atoms with Crippen LogP contribution in [-0.2, 0) is 23.2 Å². The lowest BCUT2D eigenvalue weighted by Gasteiger charge is -2.33. The van der Waals surface area contributed by atoms with Gasteiger partial charge in [0, 0.05) is 42.9 Å². The fourth-order valence-corrected chi connectivity index (χ4v) is 3.08. The number of ether oxygens (including phenoxy) is 1. The van der Waals surface area contributed by atoms with Crippen molar-refractivity contribution >= 4 is 0 Å². The van der Waals surface area contributed by atoms with Gasteiger partial charge in [-0.05, 0) is 6.92 Å². The van der Waals surface area contributed by atoms with Crippen molar-refractivity contribution in [1.29, 1.82) is 0 Å². The summed E-state index contributed by atoms with van der Waals surface area (Å²) in [6.07, 6.45) is 3.70. The topological polar surface area (TPSA) is 71.9 Å². The molecule has 1 fully saturated rings. The number of rotatable bonds is 4. The third-order valence-electron chi connectivity index (χ3n) is 4.29. The van der Waals surface area contributed by atoms with Gasteiger partial charge < -0.3 is 9.30 Å². The highest BCUT2D eigenvalue weighted by atomic mass is 16.5. The molecule has 0 saturated carbocycles. The molecule has 2 aromatic rings. The van der Waals surface area contributed by atoms with E-state index in [2.05, 4.69) is 53.0 Å². The standard InChI is InChI=1S/C16H26N6O/c1-5-22-11-18-20-15(22)13-10-21(6-7-23-13)9-12-8-17-19-14(12)16(2,3)4/h8,11,13H,5-7,9-10H2,1-4H3,(H,17,19). The molecule has 0 aliphatic carbocycles. The van der Waals surface area contributed by atoms with Crippen molar-refractivity contribution in [3.63, 3.8) is 0 Å². The molecule has 3 heterocycles. The minimum absolute atomic E-state index is 0.0174. The lowest BCUT2D eigenvalue weighted by atomic mass is 9.89. The number of hydrogen-bond donors (Lipinski definition) is 1. The first kappa shape index (κ1) is 16.1. The third kappa shape index (κ3) is 3.45. The maximum atomic E-state index is 5.92. The van der Waals surface area contributed by atoms with E-state index >= 15 is 0 Å². The summed E-state index contributed by atoms with van der Waals surface area (Å²) in [5, 5.41) is 15.7. The number of hydrogen-bond acceptors (Lipinski definition) is 5. The zero-order valence-corrected chi connectivity index (χ0v) is 14.4. The second kappa shape index (κ2) is 6.41. The van der Waals surface area contributed by atoms with Crippen LogP contribution in [0.5, 0.6) is 0 Å². The minimum Gasteiger partial charge on any atom is -0.368 e. The maximum absolute atomic E-state index is 5.92. The summed E-state index contributed by atoms with van der Waals surface area (Å²) in [6.45, 7) is 12.9. The van der Waals surface area contributed by atoms with Crippen LogP contribution in [0.4, 0.5) is 0 Å². The van der Waals surface area contributed by atoms with Gasteiger partial charge in [-0.25, -0.2) is 0 Å². The van der Waals surface area contributed by atoms with E-state index in [0.29, 0.717) is 6.61 Å². The number of morpholine rings is 1. The van der Waals surface area contributed by atoms with Crippen LogP contribution >= 0.6 is 0 Å². The molecule has 1 unspecified atom stereocenters. The molecule has 1 aliphatic rings. The molecule has 7 nitrogen and oxygen atoms in total. The summed E-state index contributed by atoms with van der Waals surface area (Å²) in [5.41, 5.74) is 2.53. The highest BCUT2D eigenvalue weighted by Gasteiger charge is 2.28. The number of aromatic nitrogens is 5. The van der Waals surface area contributed by atoms with Crippen LogP contribution in [0.1, 0.15) is 50.9 Å². The van der Waals surface area contributed by atoms with Crippen LogP contribution in [0.3, 0.4) is 0 Å². The molecule has 1 atom stereocenters. The number of nitrogens with one attached hydrogen (secondary N) is 1. The van der Waals surface area contributed by atoms with Crippen LogP contribution in [-0.4, -0.2) is 49.6 Å². The number of aryl methyl sites for hydroxylation is 1. The molecule has 23 heavy (non-hydrogen) atoms. The number of nitrogens with zero attached hydrogens (tertiary/aromatic N) is 5. The first-order valence-corrected chi connectivity index (χ1v) is 8.23. The molecule has 0 amide bonds. The first-order chi connectivity index (χ1) is 11.0. The molecular weight excluding hydrogens is 292 g/mol. The van der Waals surface area contributed by atoms with E-state index in [9.17, 15) is 0 Å². The number of aromatic amines is 1. The Kier molecular flexibility index (Phi) is 4.50. The van der Waals surface area contributed by atoms with E-state index in [4.69, 9.17) is 4.74 Å². The summed E-state index contributed by atoms with van der Waals surface area (Å²) in [5.74, 6) is 0.917. The largest absolute Gasteiger partial charge is 0.368 e. The molecule has 0 spiro atoms. The molecule has 7 heteroatoms. The van der Waals surface area contributed by atoms with Crippen molar-refractivity contribution in [2.45, 2.75) is 52.3 Å². The average Bonchev–Trinajstić information content (AvgIpc) is 3.15. The Bertz CT molecular complexity index is 641. The fourth-order valence-electron chi connectivity index (χ4n) is 3.08. The quantitative estimate of drug-likeness (QED) is 0.932. The first-order valence-electron chi connectivity index (χ1n) is 8.23. The van der Waals surface area contributed by atoms with Crippen LogP contribution in [0.2, 0.25) is 0 Å². The Morgan fingerprint density at radius 3 is 2.96 bits per heavy atom. The summed E-state index contributed by atoms with van der Waals surface area (Å²) in [6, 6.07) is 0. The molecule has 1 saturated heterocycles. The van der Waals surface area contributed by atoms with E-state index in [-0.39, 0.29) is 11.5 Å². The van der Waals surface area contributed by atoms with Crippen LogP contribution in [0.15, 0.2) is 12.5 Å². The summed E-state index contributed by atoms with van der Waals surface area (Å²) < 4.78 is 7.97. The van der Waals surface area contributed by atoms with Gasteiger partial charge in [-0.1, -0.05) is 20.8 Å². The maximum Gasteiger partial charge on any atom is 0.163 e. The molecule has 0 radical (unpaired) electrons. The Labute approximate surface area is 137 Å². The lowest BCUT2D eigenvalue weighted by molar-refractivity contribution is -0.0389. The lowest BCUT2D eigenvalue weighted by Crippen LogP contribution is -2.39. The monoisotopic (exact) mass is 318 g/mol. The van der Waals surface area contributed by atoms with Crippen molar-refractivity contribution in [1.82, 2.24) is 29.9 Å². The van der Waals surface area contributed by atoms with E-state index in [1.807, 2.05) is 10.8 Å². The highest BCUT2D eigenvalue weighted by molar-refractivity contribution is 5.23. The van der Waals surface area contributed by atoms with Gasteiger partial charge in [0.1, 0.15) is 12.4 Å². The molecule has 0 aromatic carbocycles. The van der Waals surface area contributed by atoms with Crippen molar-refractivity contribution in [3.8, 4) is 0 Å². The molecular formula is C16H26N6O. The van der Waals surface area contributed by atoms with E-state index in [0.717, 1.165) is 32.0 Å². The predicted octanol–water partition coefficient (Wildman–Crippen LogP) is 1.89. The Morgan fingerprint density at radius 1 is 1.39 bits per heavy atom. The number of H-pyrrole nitrogens is 1. The molecule has 1 aliphatic heterocycles. The molecule has 1 N–H and O–H groups in total. The normalized spacial score (nSPS) is 20.1. The zero-order valence-electron chi connectivity index (χ0n) is 14.4. The Morgan fingerprint density at radius 2 is 2.22 bits per heavy atom. The van der Waals surface area contributed by atoms with Gasteiger partial charge in [-0.3, -0.25) is 10.00 Å². The molecule has 126 valence electrons. The van der Waals surface area contributed by atoms with Gasteiger partial charge in [0.2, 0.25) is 0 Å². The second-order valence-corrected chi connectivity index (χ2v) is 7.09. The molecule has 3 rings (SSSR count). The van der Waals surface area contributed by atoms with Gasteiger partial charge in [0.05, 0.1) is 12.8 Å². The summed E-state index contributed by atoms with van der Waals surface area (Å²) in [4.78, 5) is 2.41. The van der Waals surface area contributed by atoms with Crippen molar-refractivity contribution in [3.05, 3.63) is 29.6 Å². The van der Waals surface area contributed by atoms with E-state index < -0.39 is 0 Å². The zero-order chi connectivity index (χ0) is 16.4. The molecule has 0 bridgehead atoms. The van der Waals surface area contributed by atoms with Gasteiger partial charge in [-0.15, -0.1) is 10.2 Å². The SMILES string of the molecule is CCn1cnnc1C1CN(Cc2cn[nH]c2C(C)(C)C)CCO1. The van der Waals surface area contributed by atoms with E-state index in [1.165, 1.54) is 11.3 Å². The van der Waals surface area contributed by atoms with Crippen LogP contribution < -0.4 is 0 Å². The van der Waals surface area contributed by atoms with Crippen LogP contribution in [0, 0.1) is 0 Å². The van der Waals surface area contributed by atoms with Crippen molar-refractivity contribution in [2.24, 2.45) is 0 Å². The predicted molar refractivity (Wildman–Crippen MR) is 87.0 cm³/mol. The van der Waals surface area contributed by atoms with Gasteiger partial charge in [-0.2, -0.15) is 5.10 Å². The summed E-state index contributed by atoms with van der Waals surface area (Å²) in [7, 11) is 0. The molecule has 2 aromatic heterocycles. The van der Waals surface area contributed by atoms with Gasteiger partial charge in [0.15, 0.2) is 5.82 Å². The van der Waals surface area contributed by atoms with Crippen LogP contribution in [0.25, 0.3) is 0 Å². The Balaban J connectivity index is 1.71. The highest BCUT2D eigenvalue weighted by Crippen LogP contribution is 2.26. The Hall–Kier alpha value is -1.73.